The normalized spacial score (nSPS) is 19.5. The van der Waals surface area contributed by atoms with Crippen molar-refractivity contribution in [3.05, 3.63) is 60.7 Å². The molecule has 0 bridgehead atoms. The molecule has 98 valence electrons. The fourth-order valence-corrected chi connectivity index (χ4v) is 5.96. The molecule has 1 heterocycles. The molecular formula is C16H18NOP. The summed E-state index contributed by atoms with van der Waals surface area (Å²) in [4.78, 5) is 0. The van der Waals surface area contributed by atoms with Crippen molar-refractivity contribution in [3.63, 3.8) is 0 Å². The largest absolute Gasteiger partial charge is 0.312 e. The van der Waals surface area contributed by atoms with Crippen LogP contribution in [-0.4, -0.2) is 12.3 Å². The summed E-state index contributed by atoms with van der Waals surface area (Å²) in [6.45, 7) is 0.967. The van der Waals surface area contributed by atoms with E-state index >= 15 is 0 Å². The van der Waals surface area contributed by atoms with Gasteiger partial charge in [0.1, 0.15) is 0 Å². The zero-order valence-corrected chi connectivity index (χ0v) is 11.7. The molecule has 1 aliphatic rings. The lowest BCUT2D eigenvalue weighted by Gasteiger charge is -2.25. The van der Waals surface area contributed by atoms with E-state index in [1.807, 2.05) is 60.7 Å². The van der Waals surface area contributed by atoms with Gasteiger partial charge < -0.3 is 9.88 Å². The van der Waals surface area contributed by atoms with Crippen LogP contribution in [0, 0.1) is 0 Å². The smallest absolute Gasteiger partial charge is 0.159 e. The lowest BCUT2D eigenvalue weighted by molar-refractivity contribution is 0.571. The minimum Gasteiger partial charge on any atom is -0.312 e. The summed E-state index contributed by atoms with van der Waals surface area (Å²) in [5, 5.41) is 5.35. The number of nitrogens with one attached hydrogen (secondary N) is 1. The first-order valence-electron chi connectivity index (χ1n) is 6.76. The second kappa shape index (κ2) is 5.32. The highest BCUT2D eigenvalue weighted by Crippen LogP contribution is 2.50. The van der Waals surface area contributed by atoms with Gasteiger partial charge in [-0.25, -0.2) is 0 Å². The van der Waals surface area contributed by atoms with Crippen molar-refractivity contribution in [1.82, 2.24) is 5.32 Å². The Labute approximate surface area is 114 Å². The first-order valence-corrected chi connectivity index (χ1v) is 8.54. The summed E-state index contributed by atoms with van der Waals surface area (Å²) in [6.07, 6.45) is 2.09. The fraction of sp³-hybridized carbons (Fsp3) is 0.250. The van der Waals surface area contributed by atoms with Crippen molar-refractivity contribution >= 4 is 17.8 Å². The zero-order valence-electron chi connectivity index (χ0n) is 10.8. The molecule has 0 radical (unpaired) electrons. The molecule has 1 atom stereocenters. The second-order valence-electron chi connectivity index (χ2n) is 4.94. The van der Waals surface area contributed by atoms with Crippen molar-refractivity contribution in [2.45, 2.75) is 18.6 Å². The topological polar surface area (TPSA) is 29.1 Å². The molecule has 0 amide bonds. The summed E-state index contributed by atoms with van der Waals surface area (Å²) >= 11 is 0. The highest BCUT2D eigenvalue weighted by molar-refractivity contribution is 7.79. The Morgan fingerprint density at radius 3 is 1.84 bits per heavy atom. The van der Waals surface area contributed by atoms with Crippen molar-refractivity contribution < 1.29 is 4.57 Å². The van der Waals surface area contributed by atoms with Crippen molar-refractivity contribution in [3.8, 4) is 0 Å². The van der Waals surface area contributed by atoms with Gasteiger partial charge in [-0.05, 0) is 19.4 Å². The lowest BCUT2D eigenvalue weighted by atomic mass is 10.4. The maximum Gasteiger partial charge on any atom is 0.159 e. The first-order chi connectivity index (χ1) is 9.32. The maximum atomic E-state index is 13.8. The van der Waals surface area contributed by atoms with E-state index in [-0.39, 0.29) is 5.78 Å². The van der Waals surface area contributed by atoms with Gasteiger partial charge in [0.2, 0.25) is 0 Å². The fourth-order valence-electron chi connectivity index (χ4n) is 2.78. The van der Waals surface area contributed by atoms with E-state index < -0.39 is 7.14 Å². The Hall–Kier alpha value is -1.37. The third kappa shape index (κ3) is 2.27. The van der Waals surface area contributed by atoms with Crippen LogP contribution in [0.2, 0.25) is 0 Å². The van der Waals surface area contributed by atoms with Crippen LogP contribution < -0.4 is 15.9 Å². The molecule has 1 aliphatic heterocycles. The molecule has 0 aromatic heterocycles. The quantitative estimate of drug-likeness (QED) is 0.870. The van der Waals surface area contributed by atoms with E-state index in [9.17, 15) is 4.57 Å². The predicted molar refractivity (Wildman–Crippen MR) is 80.8 cm³/mol. The van der Waals surface area contributed by atoms with Crippen LogP contribution in [0.1, 0.15) is 12.8 Å². The standard InChI is InChI=1S/C16H18NOP/c18-19(16-12-7-13-17-16,14-8-3-1-4-9-14)15-10-5-2-6-11-15/h1-6,8-11,16-17H,7,12-13H2. The molecule has 19 heavy (non-hydrogen) atoms. The average molecular weight is 271 g/mol. The Kier molecular flexibility index (Phi) is 3.54. The van der Waals surface area contributed by atoms with Crippen LogP contribution >= 0.6 is 7.14 Å². The SMILES string of the molecule is O=P(c1ccccc1)(c1ccccc1)C1CCCN1. The highest BCUT2D eigenvalue weighted by atomic mass is 31.2. The van der Waals surface area contributed by atoms with Crippen LogP contribution in [0.5, 0.6) is 0 Å². The van der Waals surface area contributed by atoms with Gasteiger partial charge in [0.05, 0.1) is 5.78 Å². The Morgan fingerprint density at radius 2 is 1.42 bits per heavy atom. The zero-order chi connectivity index (χ0) is 13.1. The van der Waals surface area contributed by atoms with E-state index in [2.05, 4.69) is 5.32 Å². The maximum absolute atomic E-state index is 13.8. The summed E-state index contributed by atoms with van der Waals surface area (Å²) in [7, 11) is -2.58. The molecule has 1 N–H and O–H groups in total. The monoisotopic (exact) mass is 271 g/mol. The minimum absolute atomic E-state index is 0.0808. The molecule has 3 rings (SSSR count). The summed E-state index contributed by atoms with van der Waals surface area (Å²) in [5.41, 5.74) is 0. The Morgan fingerprint density at radius 1 is 0.895 bits per heavy atom. The lowest BCUT2D eigenvalue weighted by Crippen LogP contribution is -2.32. The summed E-state index contributed by atoms with van der Waals surface area (Å²) < 4.78 is 13.8. The molecule has 2 aromatic carbocycles. The van der Waals surface area contributed by atoms with Crippen molar-refractivity contribution in [2.75, 3.05) is 6.54 Å². The third-order valence-electron chi connectivity index (χ3n) is 3.75. The van der Waals surface area contributed by atoms with Gasteiger partial charge in [-0.2, -0.15) is 0 Å². The van der Waals surface area contributed by atoms with Crippen LogP contribution in [0.3, 0.4) is 0 Å². The van der Waals surface area contributed by atoms with E-state index in [1.165, 1.54) is 0 Å². The molecule has 1 unspecified atom stereocenters. The van der Waals surface area contributed by atoms with Gasteiger partial charge in [0.15, 0.2) is 7.14 Å². The van der Waals surface area contributed by atoms with Gasteiger partial charge in [-0.1, -0.05) is 60.7 Å². The first kappa shape index (κ1) is 12.7. The van der Waals surface area contributed by atoms with Gasteiger partial charge >= 0.3 is 0 Å². The van der Waals surface area contributed by atoms with Crippen LogP contribution in [0.4, 0.5) is 0 Å². The Bertz CT molecular complexity index is 533. The van der Waals surface area contributed by atoms with Gasteiger partial charge in [0, 0.05) is 10.6 Å². The number of hydrogen-bond donors (Lipinski definition) is 1. The second-order valence-corrected chi connectivity index (χ2v) is 7.91. The van der Waals surface area contributed by atoms with E-state index in [1.54, 1.807) is 0 Å². The van der Waals surface area contributed by atoms with E-state index in [0.717, 1.165) is 30.0 Å². The average Bonchev–Trinajstić information content (AvgIpc) is 3.03. The molecule has 2 nitrogen and oxygen atoms in total. The molecule has 1 saturated heterocycles. The van der Waals surface area contributed by atoms with Gasteiger partial charge in [-0.3, -0.25) is 0 Å². The van der Waals surface area contributed by atoms with E-state index in [4.69, 9.17) is 0 Å². The molecule has 2 aromatic rings. The Balaban J connectivity index is 2.13. The molecule has 0 spiro atoms. The van der Waals surface area contributed by atoms with Crippen LogP contribution in [-0.2, 0) is 4.57 Å². The summed E-state index contributed by atoms with van der Waals surface area (Å²) in [5.74, 6) is 0.0808. The predicted octanol–water partition coefficient (Wildman–Crippen LogP) is 2.71. The molecule has 0 aliphatic carbocycles. The number of rotatable bonds is 3. The van der Waals surface area contributed by atoms with Crippen LogP contribution in [0.25, 0.3) is 0 Å². The van der Waals surface area contributed by atoms with E-state index in [0.29, 0.717) is 0 Å². The molecular weight excluding hydrogens is 253 g/mol. The van der Waals surface area contributed by atoms with Crippen molar-refractivity contribution in [2.24, 2.45) is 0 Å². The molecule has 0 saturated carbocycles. The van der Waals surface area contributed by atoms with Crippen molar-refractivity contribution in [1.29, 1.82) is 0 Å². The molecule has 1 fully saturated rings. The van der Waals surface area contributed by atoms with Gasteiger partial charge in [0.25, 0.3) is 0 Å². The van der Waals surface area contributed by atoms with Crippen LogP contribution in [0.15, 0.2) is 60.7 Å². The molecule has 3 heteroatoms. The van der Waals surface area contributed by atoms with Gasteiger partial charge in [-0.15, -0.1) is 0 Å². The third-order valence-corrected chi connectivity index (χ3v) is 7.20. The number of hydrogen-bond acceptors (Lipinski definition) is 2. The minimum atomic E-state index is -2.58. The number of benzene rings is 2. The summed E-state index contributed by atoms with van der Waals surface area (Å²) in [6, 6.07) is 19.8. The highest BCUT2D eigenvalue weighted by Gasteiger charge is 2.37.